The molecule has 4 aromatic rings. The first-order valence-corrected chi connectivity index (χ1v) is 13.8. The molecule has 0 saturated carbocycles. The number of carboxylic acids is 1. The third kappa shape index (κ3) is 5.41. The first kappa shape index (κ1) is 27.9. The number of carboxylic acid groups (broad SMARTS) is 1. The van der Waals surface area contributed by atoms with E-state index in [0.29, 0.717) is 31.5 Å². The van der Waals surface area contributed by atoms with Gasteiger partial charge < -0.3 is 24.3 Å². The maximum atomic E-state index is 13.6. The molecule has 1 fully saturated rings. The minimum atomic E-state index is -2.07. The van der Waals surface area contributed by atoms with Gasteiger partial charge >= 0.3 is 17.6 Å². The van der Waals surface area contributed by atoms with Gasteiger partial charge in [-0.15, -0.1) is 0 Å². The number of aliphatic carboxylic acids is 1. The Hall–Kier alpha value is -4.60. The number of benzene rings is 2. The zero-order chi connectivity index (χ0) is 29.1. The molecule has 0 radical (unpaired) electrons. The van der Waals surface area contributed by atoms with Crippen LogP contribution in [0.25, 0.3) is 22.2 Å². The molecule has 10 nitrogen and oxygen atoms in total. The van der Waals surface area contributed by atoms with Crippen molar-refractivity contribution >= 4 is 28.7 Å². The molecule has 0 aliphatic carbocycles. The van der Waals surface area contributed by atoms with Crippen LogP contribution in [0.15, 0.2) is 71.8 Å². The van der Waals surface area contributed by atoms with Gasteiger partial charge in [0.05, 0.1) is 18.7 Å². The second-order valence-electron chi connectivity index (χ2n) is 10.6. The van der Waals surface area contributed by atoms with E-state index in [0.717, 1.165) is 22.2 Å². The van der Waals surface area contributed by atoms with Crippen LogP contribution in [0.2, 0.25) is 0 Å². The van der Waals surface area contributed by atoms with Crippen LogP contribution in [0.1, 0.15) is 37.8 Å². The Bertz CT molecular complexity index is 1630. The number of aryl methyl sites for hydroxylation is 1. The average Bonchev–Trinajstić information content (AvgIpc) is 3.52. The van der Waals surface area contributed by atoms with Gasteiger partial charge in [-0.1, -0.05) is 48.5 Å². The third-order valence-electron chi connectivity index (χ3n) is 8.04. The van der Waals surface area contributed by atoms with Crippen LogP contribution in [0.4, 0.5) is 0 Å². The van der Waals surface area contributed by atoms with Gasteiger partial charge in [0.1, 0.15) is 0 Å². The van der Waals surface area contributed by atoms with Crippen molar-refractivity contribution in [2.45, 2.75) is 38.6 Å². The van der Waals surface area contributed by atoms with E-state index in [1.807, 2.05) is 66.2 Å². The second-order valence-corrected chi connectivity index (χ2v) is 10.6. The Kier molecular flexibility index (Phi) is 7.83. The van der Waals surface area contributed by atoms with Crippen LogP contribution in [0.5, 0.6) is 0 Å². The van der Waals surface area contributed by atoms with Crippen LogP contribution < -0.4 is 5.69 Å². The number of rotatable bonds is 9. The number of piperidine rings is 1. The lowest BCUT2D eigenvalue weighted by atomic mass is 9.77. The van der Waals surface area contributed by atoms with Crippen molar-refractivity contribution in [3.63, 3.8) is 0 Å². The SMILES string of the molecule is CCOC(=O)[C@](CC(=O)N1CCC(n2cc(-c3ccccc3)[nH]c2=O)CC1)(Cc1cn(C)c2ccccc12)C(=O)O. The van der Waals surface area contributed by atoms with Crippen LogP contribution in [-0.4, -0.2) is 61.7 Å². The van der Waals surface area contributed by atoms with Crippen molar-refractivity contribution in [1.82, 2.24) is 19.0 Å². The zero-order valence-corrected chi connectivity index (χ0v) is 23.2. The molecule has 214 valence electrons. The molecule has 2 aromatic heterocycles. The standard InChI is InChI=1S/C31H34N4O6/c1-3-41-29(39)31(28(37)38,17-22-19-33(2)26-12-8-7-11-24(22)26)18-27(36)34-15-13-23(14-16-34)35-20-25(32-30(35)40)21-9-5-4-6-10-21/h4-12,19-20,23H,3,13-18H2,1-2H3,(H,32,40)(H,37,38)/t31-/m0/s1. The van der Waals surface area contributed by atoms with Gasteiger partial charge in [-0.25, -0.2) is 4.79 Å². The summed E-state index contributed by atoms with van der Waals surface area (Å²) in [7, 11) is 1.85. The van der Waals surface area contributed by atoms with Crippen molar-refractivity contribution in [3.05, 3.63) is 83.0 Å². The number of nitrogens with one attached hydrogen (secondary N) is 1. The average molecular weight is 559 g/mol. The fourth-order valence-electron chi connectivity index (χ4n) is 5.81. The normalized spacial score (nSPS) is 15.5. The molecule has 1 atom stereocenters. The number of para-hydroxylation sites is 1. The first-order chi connectivity index (χ1) is 19.7. The largest absolute Gasteiger partial charge is 0.480 e. The minimum Gasteiger partial charge on any atom is -0.480 e. The number of ether oxygens (including phenoxy) is 1. The lowest BCUT2D eigenvalue weighted by Gasteiger charge is -2.34. The zero-order valence-electron chi connectivity index (χ0n) is 23.2. The number of imidazole rings is 1. The molecule has 1 aliphatic rings. The number of esters is 1. The number of aromatic nitrogens is 3. The van der Waals surface area contributed by atoms with Gasteiger partial charge in [0.25, 0.3) is 0 Å². The molecular formula is C31H34N4O6. The Labute approximate surface area is 237 Å². The highest BCUT2D eigenvalue weighted by molar-refractivity contribution is 6.03. The van der Waals surface area contributed by atoms with E-state index >= 15 is 0 Å². The van der Waals surface area contributed by atoms with Crippen LogP contribution in [0.3, 0.4) is 0 Å². The number of aromatic amines is 1. The van der Waals surface area contributed by atoms with Gasteiger partial charge in [-0.05, 0) is 37.0 Å². The van der Waals surface area contributed by atoms with Gasteiger partial charge in [0.15, 0.2) is 5.41 Å². The van der Waals surface area contributed by atoms with E-state index < -0.39 is 29.7 Å². The number of fused-ring (bicyclic) bond motifs is 1. The summed E-state index contributed by atoms with van der Waals surface area (Å²) in [6, 6.07) is 17.0. The Morgan fingerprint density at radius 1 is 1.02 bits per heavy atom. The smallest absolute Gasteiger partial charge is 0.326 e. The number of hydrogen-bond donors (Lipinski definition) is 2. The number of amides is 1. The molecule has 1 aliphatic heterocycles. The van der Waals surface area contributed by atoms with E-state index in [2.05, 4.69) is 4.98 Å². The topological polar surface area (TPSA) is 127 Å². The highest BCUT2D eigenvalue weighted by atomic mass is 16.5. The van der Waals surface area contributed by atoms with Crippen LogP contribution >= 0.6 is 0 Å². The maximum Gasteiger partial charge on any atom is 0.326 e. The van der Waals surface area contributed by atoms with Crippen LogP contribution in [0, 0.1) is 5.41 Å². The highest BCUT2D eigenvalue weighted by Crippen LogP contribution is 2.35. The van der Waals surface area contributed by atoms with Gasteiger partial charge in [-0.3, -0.25) is 19.0 Å². The predicted molar refractivity (Wildman–Crippen MR) is 153 cm³/mol. The molecule has 1 amide bonds. The van der Waals surface area contributed by atoms with E-state index in [4.69, 9.17) is 4.74 Å². The summed E-state index contributed by atoms with van der Waals surface area (Å²) in [4.78, 5) is 56.8. The molecule has 2 N–H and O–H groups in total. The second kappa shape index (κ2) is 11.5. The Balaban J connectivity index is 1.34. The monoisotopic (exact) mass is 558 g/mol. The quantitative estimate of drug-likeness (QED) is 0.238. The number of likely N-dealkylation sites (tertiary alicyclic amines) is 1. The lowest BCUT2D eigenvalue weighted by molar-refractivity contribution is -0.172. The molecule has 3 heterocycles. The van der Waals surface area contributed by atoms with Gasteiger partial charge in [-0.2, -0.15) is 0 Å². The maximum absolute atomic E-state index is 13.6. The van der Waals surface area contributed by atoms with Gasteiger partial charge in [0.2, 0.25) is 5.91 Å². The van der Waals surface area contributed by atoms with Crippen molar-refractivity contribution in [2.24, 2.45) is 12.5 Å². The number of carbonyl (C=O) groups is 3. The fourth-order valence-corrected chi connectivity index (χ4v) is 5.81. The van der Waals surface area contributed by atoms with E-state index in [1.54, 1.807) is 28.8 Å². The Morgan fingerprint density at radius 2 is 1.71 bits per heavy atom. The molecule has 10 heteroatoms. The summed E-state index contributed by atoms with van der Waals surface area (Å²) in [6.45, 7) is 2.30. The minimum absolute atomic E-state index is 0.000623. The molecular weight excluding hydrogens is 524 g/mol. The number of carbonyl (C=O) groups excluding carboxylic acids is 2. The summed E-state index contributed by atoms with van der Waals surface area (Å²) in [6.07, 6.45) is 3.97. The molecule has 2 aromatic carbocycles. The molecule has 0 bridgehead atoms. The number of H-pyrrole nitrogens is 1. The summed E-state index contributed by atoms with van der Waals surface area (Å²) < 4.78 is 8.78. The van der Waals surface area contributed by atoms with E-state index in [1.165, 1.54) is 0 Å². The van der Waals surface area contributed by atoms with Crippen LogP contribution in [-0.2, 0) is 32.6 Å². The van der Waals surface area contributed by atoms with Crippen molar-refractivity contribution in [3.8, 4) is 11.3 Å². The van der Waals surface area contributed by atoms with E-state index in [9.17, 15) is 24.3 Å². The van der Waals surface area contributed by atoms with Crippen molar-refractivity contribution in [2.75, 3.05) is 19.7 Å². The summed E-state index contributed by atoms with van der Waals surface area (Å²) in [5.41, 5.74) is 0.904. The summed E-state index contributed by atoms with van der Waals surface area (Å²) in [5.74, 6) is -2.74. The number of nitrogens with zero attached hydrogens (tertiary/aromatic N) is 3. The summed E-state index contributed by atoms with van der Waals surface area (Å²) in [5, 5.41) is 11.2. The van der Waals surface area contributed by atoms with Crippen molar-refractivity contribution in [1.29, 1.82) is 0 Å². The molecule has 41 heavy (non-hydrogen) atoms. The molecule has 0 spiro atoms. The molecule has 0 unspecified atom stereocenters. The van der Waals surface area contributed by atoms with Gasteiger partial charge in [0, 0.05) is 55.9 Å². The van der Waals surface area contributed by atoms with Crippen molar-refractivity contribution < 1.29 is 24.2 Å². The molecule has 1 saturated heterocycles. The Morgan fingerprint density at radius 3 is 2.39 bits per heavy atom. The highest BCUT2D eigenvalue weighted by Gasteiger charge is 2.50. The lowest BCUT2D eigenvalue weighted by Crippen LogP contribution is -2.48. The third-order valence-corrected chi connectivity index (χ3v) is 8.04. The fraction of sp³-hybridized carbons (Fsp3) is 0.355. The predicted octanol–water partition coefficient (Wildman–Crippen LogP) is 3.77. The number of hydrogen-bond acceptors (Lipinski definition) is 5. The first-order valence-electron chi connectivity index (χ1n) is 13.8. The summed E-state index contributed by atoms with van der Waals surface area (Å²) >= 11 is 0. The molecule has 5 rings (SSSR count). The van der Waals surface area contributed by atoms with E-state index in [-0.39, 0.29) is 24.8 Å².